The highest BCUT2D eigenvalue weighted by atomic mass is 16.4. The Morgan fingerprint density at radius 2 is 1.75 bits per heavy atom. The van der Waals surface area contributed by atoms with E-state index in [1.54, 1.807) is 0 Å². The number of hydrogen-bond acceptors (Lipinski definition) is 5. The van der Waals surface area contributed by atoms with Crippen LogP contribution in [0.25, 0.3) is 0 Å². The van der Waals surface area contributed by atoms with Crippen LogP contribution in [-0.4, -0.2) is 59.6 Å². The van der Waals surface area contributed by atoms with Crippen LogP contribution in [0.4, 0.5) is 10.5 Å². The number of benzene rings is 1. The molecule has 0 radical (unpaired) electrons. The number of primary amides is 2. The van der Waals surface area contributed by atoms with Crippen molar-refractivity contribution in [2.75, 3.05) is 24.5 Å². The minimum absolute atomic E-state index is 0.210. The molecule has 1 heterocycles. The Kier molecular flexibility index (Phi) is 5.24. The van der Waals surface area contributed by atoms with Crippen LogP contribution in [0.15, 0.2) is 30.3 Å². The fourth-order valence-electron chi connectivity index (χ4n) is 3.02. The molecule has 7 N–H and O–H groups in total. The molecule has 1 aliphatic heterocycles. The van der Waals surface area contributed by atoms with Crippen molar-refractivity contribution in [3.05, 3.63) is 30.3 Å². The summed E-state index contributed by atoms with van der Waals surface area (Å²) < 4.78 is 0. The summed E-state index contributed by atoms with van der Waals surface area (Å²) in [5, 5.41) is 9.16. The monoisotopic (exact) mass is 335 g/mol. The normalized spacial score (nSPS) is 20.3. The van der Waals surface area contributed by atoms with E-state index in [0.29, 0.717) is 6.54 Å². The lowest BCUT2D eigenvalue weighted by Crippen LogP contribution is -2.65. The minimum atomic E-state index is -1.52. The Balaban J connectivity index is 2.33. The predicted molar refractivity (Wildman–Crippen MR) is 87.0 cm³/mol. The van der Waals surface area contributed by atoms with Crippen molar-refractivity contribution in [3.63, 3.8) is 0 Å². The molecule has 0 aromatic heterocycles. The number of nitrogens with zero attached hydrogens (tertiary/aromatic N) is 2. The Hall–Kier alpha value is -2.81. The maximum atomic E-state index is 11.8. The lowest BCUT2D eigenvalue weighted by Gasteiger charge is -2.44. The highest BCUT2D eigenvalue weighted by Gasteiger charge is 2.43. The number of nitrogens with two attached hydrogens (primary N) is 3. The molecule has 1 fully saturated rings. The van der Waals surface area contributed by atoms with E-state index in [9.17, 15) is 14.4 Å². The fourth-order valence-corrected chi connectivity index (χ4v) is 3.02. The summed E-state index contributed by atoms with van der Waals surface area (Å²) >= 11 is 0. The number of carboxylic acid groups (broad SMARTS) is 1. The van der Waals surface area contributed by atoms with E-state index in [0.717, 1.165) is 5.69 Å². The topological polar surface area (TPSA) is 156 Å². The zero-order chi connectivity index (χ0) is 17.9. The zero-order valence-corrected chi connectivity index (χ0v) is 13.0. The quantitative estimate of drug-likeness (QED) is 0.528. The lowest BCUT2D eigenvalue weighted by atomic mass is 9.88. The number of anilines is 1. The van der Waals surface area contributed by atoms with E-state index in [4.69, 9.17) is 22.3 Å². The van der Waals surface area contributed by atoms with E-state index in [1.807, 2.05) is 35.2 Å². The molecule has 0 aliphatic carbocycles. The van der Waals surface area contributed by atoms with Crippen LogP contribution in [0.3, 0.4) is 0 Å². The maximum absolute atomic E-state index is 11.8. The summed E-state index contributed by atoms with van der Waals surface area (Å²) in [7, 11) is 0. The van der Waals surface area contributed by atoms with Crippen LogP contribution in [0.1, 0.15) is 0 Å². The molecule has 1 aromatic carbocycles. The number of rotatable bonds is 5. The molecule has 1 aromatic rings. The van der Waals surface area contributed by atoms with Crippen molar-refractivity contribution in [2.45, 2.75) is 12.1 Å². The fraction of sp³-hybridized carbons (Fsp3) is 0.400. The second-order valence-corrected chi connectivity index (χ2v) is 5.67. The maximum Gasteiger partial charge on any atom is 0.321 e. The summed E-state index contributed by atoms with van der Waals surface area (Å²) in [6.45, 7) is 0.948. The van der Waals surface area contributed by atoms with Crippen LogP contribution in [0.5, 0.6) is 0 Å². The highest BCUT2D eigenvalue weighted by Crippen LogP contribution is 2.24. The van der Waals surface area contributed by atoms with E-state index in [1.165, 1.54) is 4.90 Å². The van der Waals surface area contributed by atoms with Gasteiger partial charge >= 0.3 is 12.0 Å². The predicted octanol–water partition coefficient (Wildman–Crippen LogP) is -1.23. The van der Waals surface area contributed by atoms with Gasteiger partial charge in [0.05, 0.1) is 12.0 Å². The van der Waals surface area contributed by atoms with Crippen molar-refractivity contribution in [1.29, 1.82) is 0 Å². The van der Waals surface area contributed by atoms with Gasteiger partial charge in [-0.2, -0.15) is 0 Å². The van der Waals surface area contributed by atoms with Gasteiger partial charge in [-0.3, -0.25) is 9.59 Å². The molecule has 3 atom stereocenters. The summed E-state index contributed by atoms with van der Waals surface area (Å²) in [6.07, 6.45) is 0. The van der Waals surface area contributed by atoms with E-state index in [2.05, 4.69) is 0 Å². The Morgan fingerprint density at radius 3 is 2.25 bits per heavy atom. The van der Waals surface area contributed by atoms with Gasteiger partial charge in [0.25, 0.3) is 0 Å². The number of para-hydroxylation sites is 1. The van der Waals surface area contributed by atoms with Crippen LogP contribution in [-0.2, 0) is 9.59 Å². The van der Waals surface area contributed by atoms with Crippen LogP contribution in [0.2, 0.25) is 0 Å². The number of urea groups is 1. The number of amides is 3. The molecule has 9 nitrogen and oxygen atoms in total. The van der Waals surface area contributed by atoms with Crippen molar-refractivity contribution in [1.82, 2.24) is 4.90 Å². The number of carbonyl (C=O) groups is 3. The first-order chi connectivity index (χ1) is 11.3. The molecular weight excluding hydrogens is 314 g/mol. The first kappa shape index (κ1) is 17.5. The van der Waals surface area contributed by atoms with Gasteiger partial charge in [0.15, 0.2) is 0 Å². The summed E-state index contributed by atoms with van der Waals surface area (Å²) in [4.78, 5) is 38.0. The van der Waals surface area contributed by atoms with Crippen LogP contribution in [0, 0.1) is 5.92 Å². The average Bonchev–Trinajstić information content (AvgIpc) is 2.55. The molecule has 0 saturated carbocycles. The Bertz CT molecular complexity index is 624. The molecule has 2 unspecified atom stereocenters. The summed E-state index contributed by atoms with van der Waals surface area (Å²) in [5.74, 6) is -3.49. The summed E-state index contributed by atoms with van der Waals surface area (Å²) in [5.41, 5.74) is 17.3. The second-order valence-electron chi connectivity index (χ2n) is 5.67. The van der Waals surface area contributed by atoms with Crippen molar-refractivity contribution in [2.24, 2.45) is 23.1 Å². The van der Waals surface area contributed by atoms with Gasteiger partial charge in [-0.25, -0.2) is 4.79 Å². The number of carbonyl (C=O) groups excluding carboxylic acids is 2. The van der Waals surface area contributed by atoms with E-state index >= 15 is 0 Å². The minimum Gasteiger partial charge on any atom is -0.480 e. The number of piperazine rings is 1. The first-order valence-electron chi connectivity index (χ1n) is 7.46. The Morgan fingerprint density at radius 1 is 1.12 bits per heavy atom. The van der Waals surface area contributed by atoms with E-state index in [-0.39, 0.29) is 13.1 Å². The molecule has 130 valence electrons. The standard InChI is InChI=1S/C15H21N5O4/c16-12(14(22)23)11(13(17)21)10-8-19(6-7-20(10)15(18)24)9-4-2-1-3-5-9/h1-5,10-12H,6-8,16H2,(H2,17,21)(H2,18,24)(H,22,23)/t10?,11?,12-/m0/s1. The van der Waals surface area contributed by atoms with Gasteiger partial charge in [-0.05, 0) is 12.1 Å². The third kappa shape index (κ3) is 3.57. The second kappa shape index (κ2) is 7.18. The third-order valence-electron chi connectivity index (χ3n) is 4.24. The SMILES string of the molecule is NC(=O)C(C1CN(c2ccccc2)CCN1C(N)=O)[C@H](N)C(=O)O. The molecule has 0 bridgehead atoms. The lowest BCUT2D eigenvalue weighted by molar-refractivity contribution is -0.143. The van der Waals surface area contributed by atoms with E-state index < -0.39 is 35.9 Å². The largest absolute Gasteiger partial charge is 0.480 e. The number of carboxylic acids is 1. The molecule has 24 heavy (non-hydrogen) atoms. The van der Waals surface area contributed by atoms with Gasteiger partial charge in [0, 0.05) is 25.3 Å². The highest BCUT2D eigenvalue weighted by molar-refractivity contribution is 5.87. The molecule has 1 aliphatic rings. The molecule has 1 saturated heterocycles. The molecule has 9 heteroatoms. The van der Waals surface area contributed by atoms with Gasteiger partial charge in [-0.15, -0.1) is 0 Å². The van der Waals surface area contributed by atoms with Crippen molar-refractivity contribution in [3.8, 4) is 0 Å². The Labute approximate surface area is 139 Å². The number of aliphatic carboxylic acids is 1. The smallest absolute Gasteiger partial charge is 0.321 e. The molecule has 0 spiro atoms. The first-order valence-corrected chi connectivity index (χ1v) is 7.46. The molecule has 2 rings (SSSR count). The summed E-state index contributed by atoms with van der Waals surface area (Å²) in [6, 6.07) is 6.27. The van der Waals surface area contributed by atoms with Crippen LogP contribution >= 0.6 is 0 Å². The van der Waals surface area contributed by atoms with Crippen molar-refractivity contribution < 1.29 is 19.5 Å². The molecular formula is C15H21N5O4. The van der Waals surface area contributed by atoms with Gasteiger partial charge in [0.1, 0.15) is 6.04 Å². The van der Waals surface area contributed by atoms with Crippen molar-refractivity contribution >= 4 is 23.6 Å². The van der Waals surface area contributed by atoms with Gasteiger partial charge in [0.2, 0.25) is 5.91 Å². The van der Waals surface area contributed by atoms with Gasteiger partial charge < -0.3 is 32.1 Å². The third-order valence-corrected chi connectivity index (χ3v) is 4.24. The molecule has 3 amide bonds. The van der Waals surface area contributed by atoms with Gasteiger partial charge in [-0.1, -0.05) is 18.2 Å². The average molecular weight is 335 g/mol. The number of hydrogen-bond donors (Lipinski definition) is 4. The zero-order valence-electron chi connectivity index (χ0n) is 13.0. The van der Waals surface area contributed by atoms with Crippen LogP contribution < -0.4 is 22.1 Å².